The molecule has 0 aliphatic carbocycles. The number of nitro benzene ring substituents is 1. The summed E-state index contributed by atoms with van der Waals surface area (Å²) in [6, 6.07) is 4.76. The molecule has 1 aromatic rings. The summed E-state index contributed by atoms with van der Waals surface area (Å²) >= 11 is 0. The lowest BCUT2D eigenvalue weighted by Gasteiger charge is -2.24. The first-order valence-corrected chi connectivity index (χ1v) is 7.61. The molecular formula is C16H19N3O4. The molecule has 0 N–H and O–H groups in total. The van der Waals surface area contributed by atoms with Gasteiger partial charge in [-0.05, 0) is 18.6 Å². The molecule has 1 aromatic carbocycles. The fraction of sp³-hybridized carbons (Fsp3) is 0.438. The molecule has 3 rings (SSSR count). The predicted octanol–water partition coefficient (Wildman–Crippen LogP) is 1.83. The Bertz CT molecular complexity index is 651. The normalized spacial score (nSPS) is 20.9. The van der Waals surface area contributed by atoms with Crippen molar-refractivity contribution >= 4 is 17.3 Å². The van der Waals surface area contributed by atoms with Crippen molar-refractivity contribution in [1.82, 2.24) is 4.90 Å². The van der Waals surface area contributed by atoms with Gasteiger partial charge in [-0.1, -0.05) is 12.2 Å². The number of benzene rings is 1. The Balaban J connectivity index is 1.85. The average molecular weight is 317 g/mol. The van der Waals surface area contributed by atoms with Crippen LogP contribution in [0.25, 0.3) is 0 Å². The van der Waals surface area contributed by atoms with Crippen LogP contribution in [-0.4, -0.2) is 55.1 Å². The number of esters is 1. The molecule has 1 saturated heterocycles. The fourth-order valence-electron chi connectivity index (χ4n) is 3.23. The third-order valence-corrected chi connectivity index (χ3v) is 4.46. The second kappa shape index (κ2) is 6.37. The predicted molar refractivity (Wildman–Crippen MR) is 85.8 cm³/mol. The Labute approximate surface area is 134 Å². The Morgan fingerprint density at radius 3 is 2.74 bits per heavy atom. The monoisotopic (exact) mass is 317 g/mol. The molecule has 0 radical (unpaired) electrons. The van der Waals surface area contributed by atoms with E-state index >= 15 is 0 Å². The van der Waals surface area contributed by atoms with Crippen LogP contribution in [0.4, 0.5) is 11.4 Å². The second-order valence-corrected chi connectivity index (χ2v) is 5.77. The van der Waals surface area contributed by atoms with Gasteiger partial charge in [0.25, 0.3) is 5.69 Å². The highest BCUT2D eigenvalue weighted by atomic mass is 16.6. The van der Waals surface area contributed by atoms with Crippen molar-refractivity contribution in [2.45, 2.75) is 12.5 Å². The van der Waals surface area contributed by atoms with Crippen LogP contribution >= 0.6 is 0 Å². The van der Waals surface area contributed by atoms with Gasteiger partial charge in [0.1, 0.15) is 5.69 Å². The van der Waals surface area contributed by atoms with E-state index in [4.69, 9.17) is 4.74 Å². The van der Waals surface area contributed by atoms with Gasteiger partial charge in [-0.15, -0.1) is 0 Å². The minimum Gasteiger partial charge on any atom is -0.465 e. The number of rotatable bonds is 4. The Morgan fingerprint density at radius 1 is 1.35 bits per heavy atom. The summed E-state index contributed by atoms with van der Waals surface area (Å²) in [5, 5.41) is 11.3. The summed E-state index contributed by atoms with van der Waals surface area (Å²) < 4.78 is 4.71. The number of nitro groups is 1. The summed E-state index contributed by atoms with van der Waals surface area (Å²) in [5.41, 5.74) is 0.852. The second-order valence-electron chi connectivity index (χ2n) is 5.77. The zero-order valence-corrected chi connectivity index (χ0v) is 13.0. The molecule has 1 fully saturated rings. The zero-order valence-electron chi connectivity index (χ0n) is 13.0. The molecule has 0 amide bonds. The standard InChI is InChI=1S/C16H19N3O4/c1-23-16(20)12-4-5-14(19(21)22)15(10-12)18-9-6-13(11-18)17-7-2-3-8-17/h2-5,10,13H,6-9,11H2,1H3/t13-/m1/s1. The minimum atomic E-state index is -0.486. The first kappa shape index (κ1) is 15.5. The van der Waals surface area contributed by atoms with Gasteiger partial charge >= 0.3 is 5.97 Å². The van der Waals surface area contributed by atoms with E-state index in [1.807, 2.05) is 4.90 Å². The van der Waals surface area contributed by atoms with Gasteiger partial charge in [0, 0.05) is 38.3 Å². The van der Waals surface area contributed by atoms with Crippen LogP contribution in [0.3, 0.4) is 0 Å². The number of carbonyl (C=O) groups is 1. The summed E-state index contributed by atoms with van der Waals surface area (Å²) in [6.07, 6.45) is 5.24. The molecule has 1 atom stereocenters. The molecule has 0 saturated carbocycles. The van der Waals surface area contributed by atoms with Crippen molar-refractivity contribution in [3.8, 4) is 0 Å². The lowest BCUT2D eigenvalue weighted by Crippen LogP contribution is -2.35. The molecule has 2 aliphatic heterocycles. The van der Waals surface area contributed by atoms with E-state index in [1.165, 1.54) is 19.2 Å². The Kier molecular flexibility index (Phi) is 4.29. The van der Waals surface area contributed by atoms with Crippen LogP contribution in [-0.2, 0) is 4.74 Å². The SMILES string of the molecule is COC(=O)c1ccc([N+](=O)[O-])c(N2CC[C@@H](N3CC=CC3)C2)c1. The van der Waals surface area contributed by atoms with E-state index < -0.39 is 10.9 Å². The molecule has 0 spiro atoms. The summed E-state index contributed by atoms with van der Waals surface area (Å²) in [7, 11) is 1.30. The van der Waals surface area contributed by atoms with Crippen molar-refractivity contribution in [1.29, 1.82) is 0 Å². The van der Waals surface area contributed by atoms with E-state index in [-0.39, 0.29) is 5.69 Å². The molecule has 0 bridgehead atoms. The van der Waals surface area contributed by atoms with E-state index in [0.717, 1.165) is 32.6 Å². The van der Waals surface area contributed by atoms with Crippen LogP contribution in [0.2, 0.25) is 0 Å². The maximum atomic E-state index is 11.7. The number of carbonyl (C=O) groups excluding carboxylic acids is 1. The molecular weight excluding hydrogens is 298 g/mol. The van der Waals surface area contributed by atoms with Gasteiger partial charge in [-0.3, -0.25) is 15.0 Å². The van der Waals surface area contributed by atoms with Crippen LogP contribution in [0.15, 0.2) is 30.4 Å². The molecule has 7 nitrogen and oxygen atoms in total. The van der Waals surface area contributed by atoms with E-state index in [1.54, 1.807) is 6.07 Å². The number of nitrogens with zero attached hydrogens (tertiary/aromatic N) is 3. The van der Waals surface area contributed by atoms with Crippen molar-refractivity contribution in [3.63, 3.8) is 0 Å². The number of hydrogen-bond acceptors (Lipinski definition) is 6. The first-order chi connectivity index (χ1) is 11.1. The molecule has 2 heterocycles. The highest BCUT2D eigenvalue weighted by Gasteiger charge is 2.31. The molecule has 2 aliphatic rings. The van der Waals surface area contributed by atoms with Gasteiger partial charge in [0.15, 0.2) is 0 Å². The number of hydrogen-bond donors (Lipinski definition) is 0. The highest BCUT2D eigenvalue weighted by Crippen LogP contribution is 2.33. The summed E-state index contributed by atoms with van der Waals surface area (Å²) in [6.45, 7) is 3.34. The smallest absolute Gasteiger partial charge is 0.337 e. The van der Waals surface area contributed by atoms with Gasteiger partial charge in [-0.2, -0.15) is 0 Å². The largest absolute Gasteiger partial charge is 0.465 e. The zero-order chi connectivity index (χ0) is 16.4. The number of methoxy groups -OCH3 is 1. The summed E-state index contributed by atoms with van der Waals surface area (Å²) in [4.78, 5) is 27.0. The van der Waals surface area contributed by atoms with Gasteiger partial charge in [-0.25, -0.2) is 4.79 Å². The molecule has 0 aromatic heterocycles. The third-order valence-electron chi connectivity index (χ3n) is 4.46. The van der Waals surface area contributed by atoms with Gasteiger partial charge < -0.3 is 9.64 Å². The van der Waals surface area contributed by atoms with E-state index in [0.29, 0.717) is 17.3 Å². The first-order valence-electron chi connectivity index (χ1n) is 7.61. The maximum absolute atomic E-state index is 11.7. The van der Waals surface area contributed by atoms with E-state index in [2.05, 4.69) is 17.1 Å². The van der Waals surface area contributed by atoms with Crippen molar-refractivity contribution in [2.24, 2.45) is 0 Å². The van der Waals surface area contributed by atoms with E-state index in [9.17, 15) is 14.9 Å². The molecule has 23 heavy (non-hydrogen) atoms. The number of anilines is 1. The Hall–Kier alpha value is -2.41. The fourth-order valence-corrected chi connectivity index (χ4v) is 3.23. The Morgan fingerprint density at radius 2 is 2.09 bits per heavy atom. The molecule has 0 unspecified atom stereocenters. The lowest BCUT2D eigenvalue weighted by atomic mass is 10.1. The van der Waals surface area contributed by atoms with Crippen LogP contribution < -0.4 is 4.90 Å². The van der Waals surface area contributed by atoms with Gasteiger partial charge in [0.2, 0.25) is 0 Å². The summed E-state index contributed by atoms with van der Waals surface area (Å²) in [5.74, 6) is -0.486. The van der Waals surface area contributed by atoms with Crippen molar-refractivity contribution in [2.75, 3.05) is 38.2 Å². The lowest BCUT2D eigenvalue weighted by molar-refractivity contribution is -0.384. The van der Waals surface area contributed by atoms with Crippen LogP contribution in [0.1, 0.15) is 16.8 Å². The van der Waals surface area contributed by atoms with Crippen LogP contribution in [0.5, 0.6) is 0 Å². The average Bonchev–Trinajstić information content (AvgIpc) is 3.24. The maximum Gasteiger partial charge on any atom is 0.337 e. The highest BCUT2D eigenvalue weighted by molar-refractivity contribution is 5.91. The minimum absolute atomic E-state index is 0.0258. The van der Waals surface area contributed by atoms with Crippen molar-refractivity contribution < 1.29 is 14.5 Å². The quantitative estimate of drug-likeness (QED) is 0.365. The molecule has 122 valence electrons. The van der Waals surface area contributed by atoms with Gasteiger partial charge in [0.05, 0.1) is 17.6 Å². The van der Waals surface area contributed by atoms with Crippen molar-refractivity contribution in [3.05, 3.63) is 46.0 Å². The van der Waals surface area contributed by atoms with Crippen LogP contribution in [0, 0.1) is 10.1 Å². The molecule has 7 heteroatoms. The topological polar surface area (TPSA) is 75.9 Å². The third kappa shape index (κ3) is 3.05. The number of ether oxygens (including phenoxy) is 1.